The molecule has 2 aromatic rings. The Labute approximate surface area is 116 Å². The summed E-state index contributed by atoms with van der Waals surface area (Å²) in [4.78, 5) is 24.2. The molecule has 0 bridgehead atoms. The van der Waals surface area contributed by atoms with E-state index in [4.69, 9.17) is 4.74 Å². The number of carbonyl (C=O) groups excluding carboxylic acids is 1. The van der Waals surface area contributed by atoms with Crippen molar-refractivity contribution in [3.05, 3.63) is 42.7 Å². The van der Waals surface area contributed by atoms with Crippen LogP contribution in [0.3, 0.4) is 0 Å². The van der Waals surface area contributed by atoms with Crippen LogP contribution in [0.2, 0.25) is 0 Å². The van der Waals surface area contributed by atoms with Gasteiger partial charge in [0.15, 0.2) is 0 Å². The summed E-state index contributed by atoms with van der Waals surface area (Å²) in [5.74, 6) is -0.151. The molecule has 0 saturated carbocycles. The average Bonchev–Trinajstić information content (AvgIpc) is 2.46. The van der Waals surface area contributed by atoms with Crippen LogP contribution < -0.4 is 5.32 Å². The van der Waals surface area contributed by atoms with Gasteiger partial charge in [-0.05, 0) is 13.0 Å². The van der Waals surface area contributed by atoms with Crippen molar-refractivity contribution < 1.29 is 9.53 Å². The number of nitrogens with zero attached hydrogens (tertiary/aromatic N) is 3. The van der Waals surface area contributed by atoms with E-state index >= 15 is 0 Å². The molecule has 3 rings (SSSR count). The summed E-state index contributed by atoms with van der Waals surface area (Å²) in [6.07, 6.45) is 8.07. The van der Waals surface area contributed by atoms with E-state index in [-0.39, 0.29) is 11.4 Å². The molecule has 2 aromatic heterocycles. The molecule has 1 N–H and O–H groups in total. The second-order valence-corrected chi connectivity index (χ2v) is 5.10. The summed E-state index contributed by atoms with van der Waals surface area (Å²) >= 11 is 0. The number of aromatic nitrogens is 3. The van der Waals surface area contributed by atoms with Crippen LogP contribution in [-0.4, -0.2) is 39.6 Å². The van der Waals surface area contributed by atoms with Gasteiger partial charge in [-0.2, -0.15) is 0 Å². The quantitative estimate of drug-likeness (QED) is 0.902. The van der Waals surface area contributed by atoms with Crippen molar-refractivity contribution >= 4 is 5.91 Å². The van der Waals surface area contributed by atoms with E-state index in [2.05, 4.69) is 20.3 Å². The van der Waals surface area contributed by atoms with Gasteiger partial charge in [0.2, 0.25) is 0 Å². The lowest BCUT2D eigenvalue weighted by molar-refractivity contribution is -0.0593. The smallest absolute Gasteiger partial charge is 0.253 e. The van der Waals surface area contributed by atoms with Gasteiger partial charge in [0.1, 0.15) is 6.33 Å². The van der Waals surface area contributed by atoms with Gasteiger partial charge in [0.05, 0.1) is 24.3 Å². The van der Waals surface area contributed by atoms with Crippen molar-refractivity contribution in [1.82, 2.24) is 20.3 Å². The zero-order chi connectivity index (χ0) is 14.0. The molecule has 1 fully saturated rings. The van der Waals surface area contributed by atoms with Gasteiger partial charge in [0.25, 0.3) is 5.91 Å². The van der Waals surface area contributed by atoms with Gasteiger partial charge in [-0.25, -0.2) is 9.97 Å². The predicted octanol–water partition coefficient (Wildman–Crippen LogP) is 1.06. The van der Waals surface area contributed by atoms with Crippen LogP contribution in [0.15, 0.2) is 37.2 Å². The Bertz CT molecular complexity index is 626. The number of amides is 1. The molecule has 0 spiro atoms. The molecule has 1 aliphatic rings. The second-order valence-electron chi connectivity index (χ2n) is 5.10. The third-order valence-electron chi connectivity index (χ3n) is 3.15. The van der Waals surface area contributed by atoms with Crippen molar-refractivity contribution in [3.8, 4) is 11.1 Å². The van der Waals surface area contributed by atoms with E-state index in [1.807, 2.05) is 6.92 Å². The highest BCUT2D eigenvalue weighted by molar-refractivity contribution is 5.95. The fourth-order valence-electron chi connectivity index (χ4n) is 2.00. The zero-order valence-corrected chi connectivity index (χ0v) is 11.0. The lowest BCUT2D eigenvalue weighted by Gasteiger charge is -2.38. The van der Waals surface area contributed by atoms with Crippen LogP contribution in [0.25, 0.3) is 11.1 Å². The van der Waals surface area contributed by atoms with E-state index in [1.165, 1.54) is 6.33 Å². The van der Waals surface area contributed by atoms with Crippen molar-refractivity contribution in [1.29, 1.82) is 0 Å². The molecule has 1 saturated heterocycles. The van der Waals surface area contributed by atoms with Gasteiger partial charge < -0.3 is 10.1 Å². The Morgan fingerprint density at radius 1 is 1.15 bits per heavy atom. The summed E-state index contributed by atoms with van der Waals surface area (Å²) < 4.78 is 5.12. The number of nitrogens with one attached hydrogen (secondary N) is 1. The highest BCUT2D eigenvalue weighted by Crippen LogP contribution is 2.19. The van der Waals surface area contributed by atoms with Crippen LogP contribution in [0.4, 0.5) is 0 Å². The van der Waals surface area contributed by atoms with Crippen molar-refractivity contribution in [2.75, 3.05) is 13.2 Å². The molecular formula is C14H14N4O2. The number of pyridine rings is 1. The molecule has 3 heterocycles. The highest BCUT2D eigenvalue weighted by Gasteiger charge is 2.35. The number of rotatable bonds is 3. The fraction of sp³-hybridized carbons (Fsp3) is 0.286. The minimum Gasteiger partial charge on any atom is -0.376 e. The Kier molecular flexibility index (Phi) is 3.15. The third-order valence-corrected chi connectivity index (χ3v) is 3.15. The van der Waals surface area contributed by atoms with E-state index in [0.29, 0.717) is 18.8 Å². The van der Waals surface area contributed by atoms with E-state index in [9.17, 15) is 4.79 Å². The topological polar surface area (TPSA) is 77.0 Å². The number of hydrogen-bond acceptors (Lipinski definition) is 5. The van der Waals surface area contributed by atoms with Crippen LogP contribution in [0.1, 0.15) is 17.3 Å². The lowest BCUT2D eigenvalue weighted by atomic mass is 10.00. The van der Waals surface area contributed by atoms with Crippen molar-refractivity contribution in [2.24, 2.45) is 0 Å². The molecule has 6 nitrogen and oxygen atoms in total. The first-order valence-corrected chi connectivity index (χ1v) is 6.27. The van der Waals surface area contributed by atoms with Gasteiger partial charge in [-0.3, -0.25) is 9.78 Å². The molecule has 0 aromatic carbocycles. The van der Waals surface area contributed by atoms with Crippen LogP contribution in [-0.2, 0) is 4.74 Å². The Hall–Kier alpha value is -2.34. The van der Waals surface area contributed by atoms with Gasteiger partial charge in [-0.15, -0.1) is 0 Å². The molecular weight excluding hydrogens is 256 g/mol. The standard InChI is InChI=1S/C14H14N4O2/c1-14(7-20-8-14)18-13(19)11-2-10(3-15-4-11)12-5-16-9-17-6-12/h2-6,9H,7-8H2,1H3,(H,18,19). The van der Waals surface area contributed by atoms with Crippen molar-refractivity contribution in [2.45, 2.75) is 12.5 Å². The second kappa shape index (κ2) is 4.97. The Balaban J connectivity index is 1.82. The Morgan fingerprint density at radius 2 is 1.85 bits per heavy atom. The first-order chi connectivity index (χ1) is 9.66. The van der Waals surface area contributed by atoms with E-state index < -0.39 is 0 Å². The highest BCUT2D eigenvalue weighted by atomic mass is 16.5. The molecule has 6 heteroatoms. The maximum Gasteiger partial charge on any atom is 0.253 e. The number of ether oxygens (including phenoxy) is 1. The molecule has 0 aliphatic carbocycles. The molecule has 1 amide bonds. The summed E-state index contributed by atoms with van der Waals surface area (Å²) in [6, 6.07) is 1.78. The predicted molar refractivity (Wildman–Crippen MR) is 72.0 cm³/mol. The maximum absolute atomic E-state index is 12.2. The molecule has 20 heavy (non-hydrogen) atoms. The minimum atomic E-state index is -0.275. The van der Waals surface area contributed by atoms with E-state index in [0.717, 1.165) is 11.1 Å². The normalized spacial score (nSPS) is 16.2. The number of carbonyl (C=O) groups is 1. The number of hydrogen-bond donors (Lipinski definition) is 1. The monoisotopic (exact) mass is 270 g/mol. The molecule has 0 unspecified atom stereocenters. The van der Waals surface area contributed by atoms with Gasteiger partial charge >= 0.3 is 0 Å². The summed E-state index contributed by atoms with van der Waals surface area (Å²) in [5, 5.41) is 2.95. The first-order valence-electron chi connectivity index (χ1n) is 6.27. The van der Waals surface area contributed by atoms with Gasteiger partial charge in [-0.1, -0.05) is 0 Å². The average molecular weight is 270 g/mol. The molecule has 1 aliphatic heterocycles. The maximum atomic E-state index is 12.2. The third kappa shape index (κ3) is 2.50. The summed E-state index contributed by atoms with van der Waals surface area (Å²) in [6.45, 7) is 3.04. The van der Waals surface area contributed by atoms with E-state index in [1.54, 1.807) is 30.9 Å². The Morgan fingerprint density at radius 3 is 2.50 bits per heavy atom. The molecule has 0 radical (unpaired) electrons. The van der Waals surface area contributed by atoms with Crippen LogP contribution >= 0.6 is 0 Å². The molecule has 102 valence electrons. The molecule has 0 atom stereocenters. The largest absolute Gasteiger partial charge is 0.376 e. The first kappa shape index (κ1) is 12.7. The minimum absolute atomic E-state index is 0.151. The lowest BCUT2D eigenvalue weighted by Crippen LogP contribution is -2.59. The summed E-state index contributed by atoms with van der Waals surface area (Å²) in [5.41, 5.74) is 1.88. The van der Waals surface area contributed by atoms with Crippen LogP contribution in [0.5, 0.6) is 0 Å². The summed E-state index contributed by atoms with van der Waals surface area (Å²) in [7, 11) is 0. The zero-order valence-electron chi connectivity index (χ0n) is 11.0. The van der Waals surface area contributed by atoms with Crippen LogP contribution in [0, 0.1) is 0 Å². The fourth-order valence-corrected chi connectivity index (χ4v) is 2.00. The van der Waals surface area contributed by atoms with Gasteiger partial charge in [0, 0.05) is 35.9 Å². The SMILES string of the molecule is CC1(NC(=O)c2cncc(-c3cncnc3)c2)COC1. The van der Waals surface area contributed by atoms with Crippen molar-refractivity contribution in [3.63, 3.8) is 0 Å².